The van der Waals surface area contributed by atoms with Crippen molar-refractivity contribution in [1.82, 2.24) is 9.62 Å². The molecular formula is C27H28Cl2N2O3S. The maximum atomic E-state index is 13.4. The van der Waals surface area contributed by atoms with Crippen molar-refractivity contribution in [3.8, 4) is 0 Å². The highest BCUT2D eigenvalue weighted by atomic mass is 35.5. The topological polar surface area (TPSA) is 66.5 Å². The van der Waals surface area contributed by atoms with Gasteiger partial charge >= 0.3 is 0 Å². The molecule has 3 aromatic rings. The molecule has 0 aromatic heterocycles. The first-order valence-corrected chi connectivity index (χ1v) is 13.9. The molecule has 1 aliphatic heterocycles. The third-order valence-electron chi connectivity index (χ3n) is 6.33. The van der Waals surface area contributed by atoms with E-state index in [0.717, 1.165) is 16.7 Å². The van der Waals surface area contributed by atoms with Gasteiger partial charge in [0.15, 0.2) is 0 Å². The predicted molar refractivity (Wildman–Crippen MR) is 141 cm³/mol. The molecule has 2 atom stereocenters. The highest BCUT2D eigenvalue weighted by molar-refractivity contribution is 7.88. The van der Waals surface area contributed by atoms with Gasteiger partial charge in [0.1, 0.15) is 0 Å². The fraction of sp³-hybridized carbons (Fsp3) is 0.296. The van der Waals surface area contributed by atoms with Crippen LogP contribution in [-0.4, -0.2) is 31.7 Å². The molecule has 3 aromatic carbocycles. The van der Waals surface area contributed by atoms with E-state index >= 15 is 0 Å². The van der Waals surface area contributed by atoms with Gasteiger partial charge in [-0.05, 0) is 48.6 Å². The van der Waals surface area contributed by atoms with Crippen LogP contribution in [0.15, 0.2) is 72.8 Å². The van der Waals surface area contributed by atoms with Gasteiger partial charge in [-0.25, -0.2) is 12.7 Å². The van der Waals surface area contributed by atoms with Gasteiger partial charge in [0.2, 0.25) is 15.9 Å². The maximum absolute atomic E-state index is 13.4. The highest BCUT2D eigenvalue weighted by Crippen LogP contribution is 2.28. The van der Waals surface area contributed by atoms with Crippen LogP contribution in [0.4, 0.5) is 0 Å². The van der Waals surface area contributed by atoms with E-state index in [-0.39, 0.29) is 24.2 Å². The minimum Gasteiger partial charge on any atom is -0.345 e. The summed E-state index contributed by atoms with van der Waals surface area (Å²) in [6, 6.07) is 22.3. The summed E-state index contributed by atoms with van der Waals surface area (Å²) in [5.74, 6) is -0.812. The standard InChI is InChI=1S/C27H28Cl2N2O3S/c1-19-9-11-21(12-10-19)26(20-6-3-2-4-7-20)30-27(32)22-8-5-15-31(17-22)35(33,34)18-23-13-14-24(28)16-25(23)29/h2-4,6-7,9-14,16,22,26H,5,8,15,17-18H2,1H3,(H,30,32)/t22-,26-/m0/s1. The molecule has 8 heteroatoms. The molecule has 1 saturated heterocycles. The second kappa shape index (κ2) is 11.1. The summed E-state index contributed by atoms with van der Waals surface area (Å²) in [6.07, 6.45) is 1.25. The summed E-state index contributed by atoms with van der Waals surface area (Å²) in [7, 11) is -3.65. The number of nitrogens with one attached hydrogen (secondary N) is 1. The number of amides is 1. The van der Waals surface area contributed by atoms with E-state index in [2.05, 4.69) is 5.32 Å². The zero-order valence-electron chi connectivity index (χ0n) is 19.5. The molecule has 5 nitrogen and oxygen atoms in total. The summed E-state index contributed by atoms with van der Waals surface area (Å²) in [5, 5.41) is 3.95. The van der Waals surface area contributed by atoms with Crippen LogP contribution in [0.3, 0.4) is 0 Å². The Morgan fingerprint density at radius 1 is 1.03 bits per heavy atom. The lowest BCUT2D eigenvalue weighted by atomic mass is 9.94. The minimum atomic E-state index is -3.65. The molecule has 0 aliphatic carbocycles. The van der Waals surface area contributed by atoms with E-state index in [1.54, 1.807) is 12.1 Å². The molecule has 1 amide bonds. The van der Waals surface area contributed by atoms with Crippen molar-refractivity contribution in [3.05, 3.63) is 105 Å². The lowest BCUT2D eigenvalue weighted by Crippen LogP contribution is -2.46. The molecule has 1 heterocycles. The number of hydrogen-bond acceptors (Lipinski definition) is 3. The lowest BCUT2D eigenvalue weighted by molar-refractivity contribution is -0.126. The van der Waals surface area contributed by atoms with Gasteiger partial charge in [0.25, 0.3) is 0 Å². The second-order valence-corrected chi connectivity index (χ2v) is 11.8. The Hall–Kier alpha value is -2.38. The number of halogens is 2. The molecule has 1 fully saturated rings. The van der Waals surface area contributed by atoms with Gasteiger partial charge in [-0.2, -0.15) is 0 Å². The number of carbonyl (C=O) groups excluding carboxylic acids is 1. The van der Waals surface area contributed by atoms with Crippen molar-refractivity contribution in [3.63, 3.8) is 0 Å². The molecule has 4 rings (SSSR count). The highest BCUT2D eigenvalue weighted by Gasteiger charge is 2.33. The van der Waals surface area contributed by atoms with Crippen LogP contribution in [0.2, 0.25) is 10.0 Å². The lowest BCUT2D eigenvalue weighted by Gasteiger charge is -2.32. The number of piperidine rings is 1. The van der Waals surface area contributed by atoms with E-state index in [1.807, 2.05) is 61.5 Å². The zero-order chi connectivity index (χ0) is 25.0. The third kappa shape index (κ3) is 6.44. The molecule has 0 saturated carbocycles. The number of sulfonamides is 1. The van der Waals surface area contributed by atoms with Crippen LogP contribution in [0.1, 0.15) is 41.1 Å². The van der Waals surface area contributed by atoms with Crippen molar-refractivity contribution in [1.29, 1.82) is 0 Å². The third-order valence-corrected chi connectivity index (χ3v) is 8.71. The number of hydrogen-bond donors (Lipinski definition) is 1. The smallest absolute Gasteiger partial charge is 0.225 e. The number of aryl methyl sites for hydroxylation is 1. The fourth-order valence-corrected chi connectivity index (χ4v) is 6.56. The Balaban J connectivity index is 1.50. The average molecular weight is 532 g/mol. The predicted octanol–water partition coefficient (Wildman–Crippen LogP) is 5.75. The number of rotatable bonds is 7. The normalized spacial score (nSPS) is 17.6. The Morgan fingerprint density at radius 2 is 1.71 bits per heavy atom. The van der Waals surface area contributed by atoms with Gasteiger partial charge in [-0.15, -0.1) is 0 Å². The first-order chi connectivity index (χ1) is 16.7. The first kappa shape index (κ1) is 25.7. The molecule has 0 radical (unpaired) electrons. The molecule has 0 spiro atoms. The number of benzene rings is 3. The molecule has 0 unspecified atom stereocenters. The van der Waals surface area contributed by atoms with E-state index in [1.165, 1.54) is 10.4 Å². The van der Waals surface area contributed by atoms with Crippen molar-refractivity contribution in [2.24, 2.45) is 5.92 Å². The largest absolute Gasteiger partial charge is 0.345 e. The van der Waals surface area contributed by atoms with E-state index in [9.17, 15) is 13.2 Å². The van der Waals surface area contributed by atoms with Gasteiger partial charge < -0.3 is 5.32 Å². The summed E-state index contributed by atoms with van der Waals surface area (Å²) in [4.78, 5) is 13.4. The van der Waals surface area contributed by atoms with E-state index in [4.69, 9.17) is 23.2 Å². The molecule has 1 N–H and O–H groups in total. The summed E-state index contributed by atoms with van der Waals surface area (Å²) in [6.45, 7) is 2.56. The van der Waals surface area contributed by atoms with Crippen LogP contribution >= 0.6 is 23.2 Å². The quantitative estimate of drug-likeness (QED) is 0.422. The van der Waals surface area contributed by atoms with Gasteiger partial charge in [-0.3, -0.25) is 4.79 Å². The zero-order valence-corrected chi connectivity index (χ0v) is 21.8. The van der Waals surface area contributed by atoms with Crippen LogP contribution in [0, 0.1) is 12.8 Å². The SMILES string of the molecule is Cc1ccc([C@@H](NC(=O)[C@H]2CCCN(S(=O)(=O)Cc3ccc(Cl)cc3Cl)C2)c2ccccc2)cc1. The van der Waals surface area contributed by atoms with Crippen molar-refractivity contribution < 1.29 is 13.2 Å². The van der Waals surface area contributed by atoms with E-state index < -0.39 is 15.9 Å². The molecule has 35 heavy (non-hydrogen) atoms. The van der Waals surface area contributed by atoms with Crippen LogP contribution in [-0.2, 0) is 20.6 Å². The van der Waals surface area contributed by atoms with Gasteiger partial charge in [0.05, 0.1) is 17.7 Å². The summed E-state index contributed by atoms with van der Waals surface area (Å²) < 4.78 is 27.7. The minimum absolute atomic E-state index is 0.148. The van der Waals surface area contributed by atoms with Crippen molar-refractivity contribution in [2.75, 3.05) is 13.1 Å². The monoisotopic (exact) mass is 530 g/mol. The van der Waals surface area contributed by atoms with Crippen molar-refractivity contribution in [2.45, 2.75) is 31.6 Å². The Kier molecular flexibility index (Phi) is 8.17. The number of nitrogens with zero attached hydrogens (tertiary/aromatic N) is 1. The Morgan fingerprint density at radius 3 is 2.40 bits per heavy atom. The number of carbonyl (C=O) groups is 1. The Bertz CT molecular complexity index is 1280. The molecule has 1 aliphatic rings. The van der Waals surface area contributed by atoms with Gasteiger partial charge in [0, 0.05) is 23.1 Å². The van der Waals surface area contributed by atoms with Gasteiger partial charge in [-0.1, -0.05) is 89.4 Å². The van der Waals surface area contributed by atoms with Crippen molar-refractivity contribution >= 4 is 39.1 Å². The molecule has 184 valence electrons. The Labute approximate surface area is 217 Å². The first-order valence-electron chi connectivity index (χ1n) is 11.6. The van der Waals surface area contributed by atoms with E-state index in [0.29, 0.717) is 35.0 Å². The van der Waals surface area contributed by atoms with Crippen LogP contribution < -0.4 is 5.32 Å². The van der Waals surface area contributed by atoms with Crippen LogP contribution in [0.5, 0.6) is 0 Å². The summed E-state index contributed by atoms with van der Waals surface area (Å²) in [5.41, 5.74) is 3.59. The fourth-order valence-electron chi connectivity index (χ4n) is 4.36. The average Bonchev–Trinajstić information content (AvgIpc) is 2.85. The maximum Gasteiger partial charge on any atom is 0.225 e. The van der Waals surface area contributed by atoms with Crippen LogP contribution in [0.25, 0.3) is 0 Å². The molecular weight excluding hydrogens is 503 g/mol. The summed E-state index contributed by atoms with van der Waals surface area (Å²) >= 11 is 12.1. The molecule has 0 bridgehead atoms. The second-order valence-electron chi connectivity index (χ2n) is 8.95.